The highest BCUT2D eigenvalue weighted by atomic mass is 16.3. The normalized spacial score (nSPS) is 26.7. The first-order valence-electron chi connectivity index (χ1n) is 8.85. The first-order chi connectivity index (χ1) is 10.3. The van der Waals surface area contributed by atoms with Crippen molar-refractivity contribution < 1.29 is 5.11 Å². The predicted molar refractivity (Wildman–Crippen MR) is 87.1 cm³/mol. The van der Waals surface area contributed by atoms with Crippen molar-refractivity contribution in [1.82, 2.24) is 9.80 Å². The smallest absolute Gasteiger partial charge is 0.0785 e. The molecule has 1 N–H and O–H groups in total. The SMILES string of the molecule is CCC(O)C1=CCCC(N2CCCN(C3CCC3)CC2)=C1. The van der Waals surface area contributed by atoms with Crippen molar-refractivity contribution >= 4 is 0 Å². The average molecular weight is 290 g/mol. The van der Waals surface area contributed by atoms with Gasteiger partial charge in [0, 0.05) is 37.9 Å². The van der Waals surface area contributed by atoms with E-state index in [-0.39, 0.29) is 6.10 Å². The van der Waals surface area contributed by atoms with Crippen LogP contribution >= 0.6 is 0 Å². The van der Waals surface area contributed by atoms with Crippen LogP contribution in [-0.2, 0) is 0 Å². The van der Waals surface area contributed by atoms with Crippen LogP contribution in [0.2, 0.25) is 0 Å². The second-order valence-corrected chi connectivity index (χ2v) is 6.76. The maximum Gasteiger partial charge on any atom is 0.0785 e. The molecular formula is C18H30N2O. The summed E-state index contributed by atoms with van der Waals surface area (Å²) in [5.41, 5.74) is 2.59. The van der Waals surface area contributed by atoms with Crippen LogP contribution in [0.3, 0.4) is 0 Å². The largest absolute Gasteiger partial charge is 0.388 e. The lowest BCUT2D eigenvalue weighted by atomic mass is 9.91. The van der Waals surface area contributed by atoms with Crippen LogP contribution in [0.15, 0.2) is 23.4 Å². The zero-order valence-corrected chi connectivity index (χ0v) is 13.4. The Labute approximate surface area is 129 Å². The summed E-state index contributed by atoms with van der Waals surface area (Å²) in [4.78, 5) is 5.29. The molecule has 3 nitrogen and oxygen atoms in total. The number of aliphatic hydroxyl groups excluding tert-OH is 1. The maximum absolute atomic E-state index is 10.1. The molecule has 3 rings (SSSR count). The van der Waals surface area contributed by atoms with E-state index in [2.05, 4.69) is 28.9 Å². The number of hydrogen-bond acceptors (Lipinski definition) is 3. The molecule has 1 unspecified atom stereocenters. The molecule has 1 heterocycles. The molecule has 2 fully saturated rings. The van der Waals surface area contributed by atoms with Gasteiger partial charge in [-0.15, -0.1) is 0 Å². The second kappa shape index (κ2) is 6.97. The van der Waals surface area contributed by atoms with E-state index in [0.29, 0.717) is 0 Å². The Balaban J connectivity index is 1.61. The van der Waals surface area contributed by atoms with Gasteiger partial charge in [0.05, 0.1) is 6.10 Å². The van der Waals surface area contributed by atoms with Crippen LogP contribution in [0.4, 0.5) is 0 Å². The van der Waals surface area contributed by atoms with Gasteiger partial charge in [0.15, 0.2) is 0 Å². The third kappa shape index (κ3) is 3.51. The first kappa shape index (κ1) is 15.1. The molecule has 1 aliphatic heterocycles. The lowest BCUT2D eigenvalue weighted by Crippen LogP contribution is -2.42. The standard InChI is InChI=1S/C18H30N2O/c1-2-18(21)15-6-3-9-17(14-15)20-11-5-10-19(12-13-20)16-7-4-8-16/h6,14,16,18,21H,2-5,7-13H2,1H3. The molecule has 0 aromatic heterocycles. The summed E-state index contributed by atoms with van der Waals surface area (Å²) in [7, 11) is 0. The molecule has 21 heavy (non-hydrogen) atoms. The van der Waals surface area contributed by atoms with Crippen molar-refractivity contribution in [1.29, 1.82) is 0 Å². The van der Waals surface area contributed by atoms with Gasteiger partial charge in [-0.1, -0.05) is 19.4 Å². The highest BCUT2D eigenvalue weighted by molar-refractivity contribution is 5.30. The van der Waals surface area contributed by atoms with Crippen molar-refractivity contribution in [3.8, 4) is 0 Å². The van der Waals surface area contributed by atoms with Crippen molar-refractivity contribution in [2.75, 3.05) is 26.2 Å². The molecule has 118 valence electrons. The van der Waals surface area contributed by atoms with E-state index < -0.39 is 0 Å². The van der Waals surface area contributed by atoms with Crippen LogP contribution in [-0.4, -0.2) is 53.2 Å². The van der Waals surface area contributed by atoms with Crippen molar-refractivity contribution in [2.45, 2.75) is 64.0 Å². The molecule has 1 atom stereocenters. The highest BCUT2D eigenvalue weighted by Crippen LogP contribution is 2.28. The second-order valence-electron chi connectivity index (χ2n) is 6.76. The summed E-state index contributed by atoms with van der Waals surface area (Å²) in [6.45, 7) is 6.89. The highest BCUT2D eigenvalue weighted by Gasteiger charge is 2.27. The fourth-order valence-corrected chi connectivity index (χ4v) is 3.77. The van der Waals surface area contributed by atoms with Crippen LogP contribution in [0.1, 0.15) is 51.9 Å². The Morgan fingerprint density at radius 2 is 2.05 bits per heavy atom. The van der Waals surface area contributed by atoms with Gasteiger partial charge < -0.3 is 10.0 Å². The van der Waals surface area contributed by atoms with Gasteiger partial charge in [-0.3, -0.25) is 4.90 Å². The van der Waals surface area contributed by atoms with Crippen molar-refractivity contribution in [3.05, 3.63) is 23.4 Å². The van der Waals surface area contributed by atoms with E-state index in [1.165, 1.54) is 51.0 Å². The fraction of sp³-hybridized carbons (Fsp3) is 0.778. The van der Waals surface area contributed by atoms with E-state index >= 15 is 0 Å². The Morgan fingerprint density at radius 3 is 2.76 bits per heavy atom. The topological polar surface area (TPSA) is 26.7 Å². The molecule has 0 radical (unpaired) electrons. The fourth-order valence-electron chi connectivity index (χ4n) is 3.77. The minimum absolute atomic E-state index is 0.279. The van der Waals surface area contributed by atoms with Gasteiger partial charge in [-0.05, 0) is 50.2 Å². The quantitative estimate of drug-likeness (QED) is 0.862. The molecule has 3 aliphatic rings. The third-order valence-corrected chi connectivity index (χ3v) is 5.41. The van der Waals surface area contributed by atoms with Crippen LogP contribution in [0, 0.1) is 0 Å². The summed E-state index contributed by atoms with van der Waals surface area (Å²) < 4.78 is 0. The molecule has 1 saturated carbocycles. The number of allylic oxidation sites excluding steroid dienone is 2. The molecule has 0 bridgehead atoms. The molecule has 0 aromatic carbocycles. The Hall–Kier alpha value is -0.800. The molecular weight excluding hydrogens is 260 g/mol. The monoisotopic (exact) mass is 290 g/mol. The van der Waals surface area contributed by atoms with Crippen molar-refractivity contribution in [3.63, 3.8) is 0 Å². The summed E-state index contributed by atoms with van der Waals surface area (Å²) in [6, 6.07) is 0.877. The maximum atomic E-state index is 10.1. The Bertz CT molecular complexity index is 411. The van der Waals surface area contributed by atoms with Gasteiger partial charge in [-0.25, -0.2) is 0 Å². The van der Waals surface area contributed by atoms with Crippen LogP contribution in [0.5, 0.6) is 0 Å². The summed E-state index contributed by atoms with van der Waals surface area (Å²) in [6.07, 6.45) is 12.8. The molecule has 1 saturated heterocycles. The lowest BCUT2D eigenvalue weighted by Gasteiger charge is -2.37. The number of rotatable bonds is 4. The van der Waals surface area contributed by atoms with E-state index in [4.69, 9.17) is 0 Å². The van der Waals surface area contributed by atoms with Crippen LogP contribution < -0.4 is 0 Å². The van der Waals surface area contributed by atoms with Crippen LogP contribution in [0.25, 0.3) is 0 Å². The van der Waals surface area contributed by atoms with Gasteiger partial charge in [-0.2, -0.15) is 0 Å². The summed E-state index contributed by atoms with van der Waals surface area (Å²) in [5.74, 6) is 0. The minimum Gasteiger partial charge on any atom is -0.388 e. The van der Waals surface area contributed by atoms with Crippen molar-refractivity contribution in [2.24, 2.45) is 0 Å². The number of aliphatic hydroxyl groups is 1. The molecule has 2 aliphatic carbocycles. The van der Waals surface area contributed by atoms with Gasteiger partial charge in [0.2, 0.25) is 0 Å². The zero-order chi connectivity index (χ0) is 14.7. The number of hydrogen-bond donors (Lipinski definition) is 1. The van der Waals surface area contributed by atoms with E-state index in [0.717, 1.165) is 37.4 Å². The zero-order valence-electron chi connectivity index (χ0n) is 13.4. The third-order valence-electron chi connectivity index (χ3n) is 5.41. The number of nitrogens with zero attached hydrogens (tertiary/aromatic N) is 2. The summed E-state index contributed by atoms with van der Waals surface area (Å²) in [5, 5.41) is 10.1. The van der Waals surface area contributed by atoms with E-state index in [1.807, 2.05) is 0 Å². The van der Waals surface area contributed by atoms with E-state index in [9.17, 15) is 5.11 Å². The van der Waals surface area contributed by atoms with Gasteiger partial charge in [0.25, 0.3) is 0 Å². The summed E-state index contributed by atoms with van der Waals surface area (Å²) >= 11 is 0. The molecule has 0 amide bonds. The Kier molecular flexibility index (Phi) is 5.02. The predicted octanol–water partition coefficient (Wildman–Crippen LogP) is 2.92. The molecule has 0 spiro atoms. The van der Waals surface area contributed by atoms with Gasteiger partial charge >= 0.3 is 0 Å². The van der Waals surface area contributed by atoms with E-state index in [1.54, 1.807) is 0 Å². The lowest BCUT2D eigenvalue weighted by molar-refractivity contribution is 0.132. The Morgan fingerprint density at radius 1 is 1.19 bits per heavy atom. The van der Waals surface area contributed by atoms with Gasteiger partial charge in [0.1, 0.15) is 0 Å². The first-order valence-corrected chi connectivity index (χ1v) is 8.85. The minimum atomic E-state index is -0.279. The molecule has 0 aromatic rings. The molecule has 3 heteroatoms. The average Bonchev–Trinajstić information content (AvgIpc) is 2.71.